The van der Waals surface area contributed by atoms with E-state index in [-0.39, 0.29) is 10.8 Å². The van der Waals surface area contributed by atoms with Crippen LogP contribution in [0, 0.1) is 3.70 Å². The molecule has 0 saturated heterocycles. The van der Waals surface area contributed by atoms with Crippen molar-refractivity contribution in [3.05, 3.63) is 21.0 Å². The van der Waals surface area contributed by atoms with E-state index in [0.29, 0.717) is 3.70 Å². The van der Waals surface area contributed by atoms with Gasteiger partial charge in [0.15, 0.2) is 0 Å². The van der Waals surface area contributed by atoms with Gasteiger partial charge in [0.1, 0.15) is 20.1 Å². The fourth-order valence-electron chi connectivity index (χ4n) is 1.46. The lowest BCUT2D eigenvalue weighted by atomic mass is 10.2. The molecule has 0 aromatic carbocycles. The van der Waals surface area contributed by atoms with E-state index in [1.54, 1.807) is 41.5 Å². The zero-order valence-electron chi connectivity index (χ0n) is 13.9. The third kappa shape index (κ3) is 6.50. The molecule has 0 saturated carbocycles. The standard InChI is InChI=1S/C15H20ClIN2O4/c1-14(2,3)22-12(20)19(13(21)23-15(4,5)6)9-7-8-10(16)18-11(9)17/h7-8H,1-6H3. The van der Waals surface area contributed by atoms with Crippen LogP contribution in [0.3, 0.4) is 0 Å². The molecule has 0 aliphatic rings. The quantitative estimate of drug-likeness (QED) is 0.440. The summed E-state index contributed by atoms with van der Waals surface area (Å²) in [5.41, 5.74) is -1.27. The van der Waals surface area contributed by atoms with E-state index in [4.69, 9.17) is 21.1 Å². The van der Waals surface area contributed by atoms with Gasteiger partial charge < -0.3 is 9.47 Å². The van der Waals surface area contributed by atoms with Crippen LogP contribution in [-0.2, 0) is 9.47 Å². The van der Waals surface area contributed by atoms with Crippen molar-refractivity contribution in [3.63, 3.8) is 0 Å². The van der Waals surface area contributed by atoms with Gasteiger partial charge in [0.25, 0.3) is 0 Å². The smallest absolute Gasteiger partial charge is 0.424 e. The highest BCUT2D eigenvalue weighted by molar-refractivity contribution is 14.1. The van der Waals surface area contributed by atoms with E-state index in [9.17, 15) is 9.59 Å². The van der Waals surface area contributed by atoms with Gasteiger partial charge in [0, 0.05) is 0 Å². The number of hydrogen-bond donors (Lipinski definition) is 0. The Hall–Kier alpha value is -1.09. The van der Waals surface area contributed by atoms with Crippen LogP contribution in [0.5, 0.6) is 0 Å². The number of pyridine rings is 1. The zero-order chi connectivity index (χ0) is 18.0. The van der Waals surface area contributed by atoms with Crippen LogP contribution in [0.1, 0.15) is 41.5 Å². The fourth-order valence-corrected chi connectivity index (χ4v) is 2.43. The number of aromatic nitrogens is 1. The second-order valence-electron chi connectivity index (χ2n) is 6.74. The number of amides is 2. The molecule has 0 aliphatic carbocycles. The summed E-state index contributed by atoms with van der Waals surface area (Å²) in [4.78, 5) is 29.8. The summed E-state index contributed by atoms with van der Waals surface area (Å²) in [6.07, 6.45) is -1.68. The predicted octanol–water partition coefficient (Wildman–Crippen LogP) is 5.02. The second-order valence-corrected chi connectivity index (χ2v) is 8.15. The molecule has 1 heterocycles. The lowest BCUT2D eigenvalue weighted by molar-refractivity contribution is 0.0430. The number of carbonyl (C=O) groups is 2. The van der Waals surface area contributed by atoms with Gasteiger partial charge in [-0.15, -0.1) is 0 Å². The summed E-state index contributed by atoms with van der Waals surface area (Å²) in [5.74, 6) is 0. The number of ether oxygens (including phenoxy) is 2. The van der Waals surface area contributed by atoms with Gasteiger partial charge in [-0.05, 0) is 76.3 Å². The summed E-state index contributed by atoms with van der Waals surface area (Å²) >= 11 is 7.72. The molecule has 0 aliphatic heterocycles. The molecule has 23 heavy (non-hydrogen) atoms. The van der Waals surface area contributed by atoms with E-state index in [1.165, 1.54) is 12.1 Å². The number of carbonyl (C=O) groups excluding carboxylic acids is 2. The minimum absolute atomic E-state index is 0.249. The highest BCUT2D eigenvalue weighted by Gasteiger charge is 2.34. The number of nitrogens with zero attached hydrogens (tertiary/aromatic N) is 2. The molecular formula is C15H20ClIN2O4. The van der Waals surface area contributed by atoms with Crippen LogP contribution in [0.4, 0.5) is 15.3 Å². The number of imide groups is 1. The topological polar surface area (TPSA) is 68.7 Å². The van der Waals surface area contributed by atoms with Crippen LogP contribution in [0.25, 0.3) is 0 Å². The largest absolute Gasteiger partial charge is 0.443 e. The molecule has 0 atom stereocenters. The van der Waals surface area contributed by atoms with Crippen molar-refractivity contribution < 1.29 is 19.1 Å². The number of anilines is 1. The maximum absolute atomic E-state index is 12.5. The highest BCUT2D eigenvalue weighted by atomic mass is 127. The Bertz CT molecular complexity index is 580. The highest BCUT2D eigenvalue weighted by Crippen LogP contribution is 2.26. The first-order valence-corrected chi connectivity index (χ1v) is 8.34. The first-order valence-electron chi connectivity index (χ1n) is 6.88. The molecule has 0 radical (unpaired) electrons. The Morgan fingerprint density at radius 3 is 1.83 bits per heavy atom. The first kappa shape index (κ1) is 20.0. The molecule has 0 bridgehead atoms. The molecule has 6 nitrogen and oxygen atoms in total. The van der Waals surface area contributed by atoms with E-state index in [2.05, 4.69) is 4.98 Å². The predicted molar refractivity (Wildman–Crippen MR) is 96.9 cm³/mol. The Morgan fingerprint density at radius 1 is 1.04 bits per heavy atom. The summed E-state index contributed by atoms with van der Waals surface area (Å²) < 4.78 is 11.0. The van der Waals surface area contributed by atoms with Crippen LogP contribution < -0.4 is 4.90 Å². The fraction of sp³-hybridized carbons (Fsp3) is 0.533. The van der Waals surface area contributed by atoms with Gasteiger partial charge in [-0.25, -0.2) is 14.6 Å². The molecule has 0 spiro atoms. The first-order chi connectivity index (χ1) is 10.3. The maximum Gasteiger partial charge on any atom is 0.424 e. The summed E-state index contributed by atoms with van der Waals surface area (Å²) in [5, 5.41) is 0.256. The molecule has 0 unspecified atom stereocenters. The van der Waals surface area contributed by atoms with Crippen LogP contribution in [-0.4, -0.2) is 28.4 Å². The molecule has 1 aromatic heterocycles. The number of halogens is 2. The zero-order valence-corrected chi connectivity index (χ0v) is 16.9. The Kier molecular flexibility index (Phi) is 6.25. The third-order valence-electron chi connectivity index (χ3n) is 2.19. The molecule has 1 aromatic rings. The lowest BCUT2D eigenvalue weighted by Crippen LogP contribution is -2.44. The Morgan fingerprint density at radius 2 is 1.48 bits per heavy atom. The molecule has 0 fully saturated rings. The average Bonchev–Trinajstić information content (AvgIpc) is 2.27. The molecular weight excluding hydrogens is 435 g/mol. The van der Waals surface area contributed by atoms with Crippen LogP contribution in [0.15, 0.2) is 12.1 Å². The van der Waals surface area contributed by atoms with Crippen molar-refractivity contribution in [1.29, 1.82) is 0 Å². The van der Waals surface area contributed by atoms with Gasteiger partial charge >= 0.3 is 12.2 Å². The Balaban J connectivity index is 3.25. The lowest BCUT2D eigenvalue weighted by Gasteiger charge is -2.28. The minimum Gasteiger partial charge on any atom is -0.443 e. The third-order valence-corrected chi connectivity index (χ3v) is 3.19. The SMILES string of the molecule is CC(C)(C)OC(=O)N(C(=O)OC(C)(C)C)c1ccc(Cl)nc1I. The van der Waals surface area contributed by atoms with E-state index < -0.39 is 23.4 Å². The van der Waals surface area contributed by atoms with Crippen LogP contribution in [0.2, 0.25) is 5.15 Å². The van der Waals surface area contributed by atoms with Crippen molar-refractivity contribution in [1.82, 2.24) is 4.98 Å². The van der Waals surface area contributed by atoms with E-state index in [0.717, 1.165) is 4.90 Å². The number of rotatable bonds is 1. The van der Waals surface area contributed by atoms with E-state index >= 15 is 0 Å². The van der Waals surface area contributed by atoms with Crippen molar-refractivity contribution >= 4 is 52.1 Å². The second kappa shape index (κ2) is 7.21. The van der Waals surface area contributed by atoms with Gasteiger partial charge in [-0.3, -0.25) is 0 Å². The summed E-state index contributed by atoms with van der Waals surface area (Å²) in [6, 6.07) is 3.01. The van der Waals surface area contributed by atoms with Gasteiger partial charge in [0.05, 0.1) is 5.69 Å². The summed E-state index contributed by atoms with van der Waals surface area (Å²) in [7, 11) is 0. The minimum atomic E-state index is -0.839. The van der Waals surface area contributed by atoms with Gasteiger partial charge in [0.2, 0.25) is 0 Å². The monoisotopic (exact) mass is 454 g/mol. The molecule has 2 amide bonds. The average molecular weight is 455 g/mol. The van der Waals surface area contributed by atoms with Gasteiger partial charge in [-0.1, -0.05) is 11.6 Å². The summed E-state index contributed by atoms with van der Waals surface area (Å²) in [6.45, 7) is 10.3. The van der Waals surface area contributed by atoms with Crippen molar-refractivity contribution in [2.45, 2.75) is 52.7 Å². The Labute approximate surface area is 154 Å². The number of hydrogen-bond acceptors (Lipinski definition) is 5. The van der Waals surface area contributed by atoms with E-state index in [1.807, 2.05) is 22.6 Å². The molecule has 1 rings (SSSR count). The van der Waals surface area contributed by atoms with Crippen molar-refractivity contribution in [3.8, 4) is 0 Å². The van der Waals surface area contributed by atoms with Crippen LogP contribution >= 0.6 is 34.2 Å². The molecule has 128 valence electrons. The van der Waals surface area contributed by atoms with Crippen molar-refractivity contribution in [2.75, 3.05) is 4.90 Å². The molecule has 8 heteroatoms. The maximum atomic E-state index is 12.5. The van der Waals surface area contributed by atoms with Crippen molar-refractivity contribution in [2.24, 2.45) is 0 Å². The molecule has 0 N–H and O–H groups in total. The van der Waals surface area contributed by atoms with Gasteiger partial charge in [-0.2, -0.15) is 4.90 Å². The normalized spacial score (nSPS) is 11.8.